The van der Waals surface area contributed by atoms with Crippen LogP contribution in [0, 0.1) is 12.8 Å². The second kappa shape index (κ2) is 5.89. The number of hydrogen-bond donors (Lipinski definition) is 1. The molecule has 7 heteroatoms. The Balaban J connectivity index is 1.53. The molecular weight excluding hydrogens is 304 g/mol. The van der Waals surface area contributed by atoms with Crippen molar-refractivity contribution in [2.75, 3.05) is 5.32 Å². The van der Waals surface area contributed by atoms with E-state index in [9.17, 15) is 4.79 Å². The Morgan fingerprint density at radius 2 is 2.12 bits per heavy atom. The summed E-state index contributed by atoms with van der Waals surface area (Å²) >= 11 is 0. The molecule has 1 atom stereocenters. The van der Waals surface area contributed by atoms with Crippen molar-refractivity contribution in [1.82, 2.24) is 25.1 Å². The van der Waals surface area contributed by atoms with E-state index in [1.54, 1.807) is 11.0 Å². The van der Waals surface area contributed by atoms with Crippen molar-refractivity contribution >= 4 is 11.7 Å². The fourth-order valence-electron chi connectivity index (χ4n) is 3.24. The summed E-state index contributed by atoms with van der Waals surface area (Å²) in [6.07, 6.45) is 6.28. The van der Waals surface area contributed by atoms with Crippen LogP contribution in [-0.2, 0) is 0 Å². The van der Waals surface area contributed by atoms with Gasteiger partial charge in [-0.2, -0.15) is 0 Å². The molecular formula is C17H22N6O. The first-order valence-electron chi connectivity index (χ1n) is 8.57. The zero-order chi connectivity index (χ0) is 16.7. The van der Waals surface area contributed by atoms with Gasteiger partial charge in [0, 0.05) is 17.8 Å². The molecule has 0 spiro atoms. The van der Waals surface area contributed by atoms with E-state index in [0.717, 1.165) is 29.8 Å². The smallest absolute Gasteiger partial charge is 0.319 e. The maximum Gasteiger partial charge on any atom is 0.322 e. The van der Waals surface area contributed by atoms with Gasteiger partial charge in [0.05, 0.1) is 5.69 Å². The predicted octanol–water partition coefficient (Wildman–Crippen LogP) is 2.77. The Kier molecular flexibility index (Phi) is 3.70. The quantitative estimate of drug-likeness (QED) is 0.916. The van der Waals surface area contributed by atoms with E-state index in [1.165, 1.54) is 12.8 Å². The molecule has 1 heterocycles. The normalized spacial score (nSPS) is 18.2. The van der Waals surface area contributed by atoms with Crippen LogP contribution in [0.5, 0.6) is 0 Å². The summed E-state index contributed by atoms with van der Waals surface area (Å²) in [7, 11) is 0. The molecule has 7 nitrogen and oxygen atoms in total. The molecule has 2 amide bonds. The average molecular weight is 326 g/mol. The monoisotopic (exact) mass is 326 g/mol. The van der Waals surface area contributed by atoms with Crippen LogP contribution in [0.25, 0.3) is 5.69 Å². The van der Waals surface area contributed by atoms with Gasteiger partial charge >= 0.3 is 6.03 Å². The van der Waals surface area contributed by atoms with Crippen LogP contribution in [0.4, 0.5) is 10.5 Å². The van der Waals surface area contributed by atoms with Gasteiger partial charge in [-0.3, -0.25) is 0 Å². The second-order valence-corrected chi connectivity index (χ2v) is 6.90. The molecule has 24 heavy (non-hydrogen) atoms. The lowest BCUT2D eigenvalue weighted by molar-refractivity contribution is 0.180. The number of nitrogens with one attached hydrogen (secondary N) is 1. The number of aromatic nitrogens is 4. The fraction of sp³-hybridized carbons (Fsp3) is 0.529. The Bertz CT molecular complexity index is 736. The highest BCUT2D eigenvalue weighted by Gasteiger charge is 2.41. The molecule has 0 radical (unpaired) electrons. The van der Waals surface area contributed by atoms with Crippen LogP contribution in [-0.4, -0.2) is 43.2 Å². The fourth-order valence-corrected chi connectivity index (χ4v) is 3.24. The number of benzene rings is 1. The van der Waals surface area contributed by atoms with E-state index < -0.39 is 0 Å². The van der Waals surface area contributed by atoms with Gasteiger partial charge in [-0.15, -0.1) is 5.10 Å². The lowest BCUT2D eigenvalue weighted by Gasteiger charge is -2.29. The van der Waals surface area contributed by atoms with Crippen LogP contribution in [0.3, 0.4) is 0 Å². The van der Waals surface area contributed by atoms with Gasteiger partial charge in [-0.25, -0.2) is 9.48 Å². The number of tetrazole rings is 1. The number of carbonyl (C=O) groups excluding carboxylic acids is 1. The predicted molar refractivity (Wildman–Crippen MR) is 90.0 cm³/mol. The molecule has 2 aromatic rings. The summed E-state index contributed by atoms with van der Waals surface area (Å²) in [6.45, 7) is 4.17. The first-order chi connectivity index (χ1) is 11.6. The molecule has 1 aromatic carbocycles. The third-order valence-electron chi connectivity index (χ3n) is 4.97. The maximum atomic E-state index is 12.8. The first-order valence-corrected chi connectivity index (χ1v) is 8.57. The highest BCUT2D eigenvalue weighted by atomic mass is 16.2. The highest BCUT2D eigenvalue weighted by Crippen LogP contribution is 2.40. The Morgan fingerprint density at radius 3 is 2.75 bits per heavy atom. The topological polar surface area (TPSA) is 75.9 Å². The van der Waals surface area contributed by atoms with E-state index in [-0.39, 0.29) is 6.03 Å². The van der Waals surface area contributed by atoms with Crippen LogP contribution in [0.2, 0.25) is 0 Å². The molecule has 1 aromatic heterocycles. The molecule has 2 aliphatic rings. The van der Waals surface area contributed by atoms with Crippen molar-refractivity contribution in [2.24, 2.45) is 5.92 Å². The summed E-state index contributed by atoms with van der Waals surface area (Å²) in [5.41, 5.74) is 2.68. The number of anilines is 1. The van der Waals surface area contributed by atoms with E-state index >= 15 is 0 Å². The molecule has 2 aliphatic carbocycles. The van der Waals surface area contributed by atoms with Crippen molar-refractivity contribution in [3.63, 3.8) is 0 Å². The molecule has 2 fully saturated rings. The zero-order valence-corrected chi connectivity index (χ0v) is 14.0. The largest absolute Gasteiger partial charge is 0.322 e. The molecule has 0 saturated heterocycles. The van der Waals surface area contributed by atoms with E-state index in [2.05, 4.69) is 27.8 Å². The standard InChI is InChI=1S/C17H22N6O/c1-11-3-6-14(9-16(11)22-10-18-20-21-22)19-17(24)23(15-7-8-15)12(2)13-4-5-13/h3,6,9-10,12-13,15H,4-5,7-8H2,1-2H3,(H,19,24)/t12-/m1/s1. The molecule has 0 unspecified atom stereocenters. The van der Waals surface area contributed by atoms with Crippen molar-refractivity contribution in [3.8, 4) is 5.69 Å². The van der Waals surface area contributed by atoms with Crippen LogP contribution < -0.4 is 5.32 Å². The van der Waals surface area contributed by atoms with E-state index in [1.807, 2.05) is 30.0 Å². The van der Waals surface area contributed by atoms with Crippen molar-refractivity contribution < 1.29 is 4.79 Å². The maximum absolute atomic E-state index is 12.8. The molecule has 4 rings (SSSR count). The number of carbonyl (C=O) groups is 1. The van der Waals surface area contributed by atoms with Crippen molar-refractivity contribution in [3.05, 3.63) is 30.1 Å². The zero-order valence-electron chi connectivity index (χ0n) is 14.0. The Morgan fingerprint density at radius 1 is 1.33 bits per heavy atom. The number of amides is 2. The van der Waals surface area contributed by atoms with Crippen molar-refractivity contribution in [2.45, 2.75) is 51.6 Å². The van der Waals surface area contributed by atoms with Crippen molar-refractivity contribution in [1.29, 1.82) is 0 Å². The SMILES string of the molecule is Cc1ccc(NC(=O)N(C2CC2)[C@H](C)C2CC2)cc1-n1cnnn1. The average Bonchev–Trinajstić information content (AvgIpc) is 3.49. The number of hydrogen-bond acceptors (Lipinski definition) is 4. The summed E-state index contributed by atoms with van der Waals surface area (Å²) in [5, 5.41) is 14.3. The molecule has 0 aliphatic heterocycles. The molecule has 0 bridgehead atoms. The van der Waals surface area contributed by atoms with Gasteiger partial charge in [0.15, 0.2) is 0 Å². The highest BCUT2D eigenvalue weighted by molar-refractivity contribution is 5.90. The molecule has 126 valence electrons. The molecule has 2 saturated carbocycles. The number of aryl methyl sites for hydroxylation is 1. The van der Waals surface area contributed by atoms with Gasteiger partial charge in [-0.05, 0) is 73.6 Å². The third kappa shape index (κ3) is 2.98. The van der Waals surface area contributed by atoms with E-state index in [4.69, 9.17) is 0 Å². The van der Waals surface area contributed by atoms with E-state index in [0.29, 0.717) is 18.0 Å². The number of urea groups is 1. The van der Waals surface area contributed by atoms with Crippen LogP contribution in [0.1, 0.15) is 38.2 Å². The van der Waals surface area contributed by atoms with Crippen LogP contribution in [0.15, 0.2) is 24.5 Å². The van der Waals surface area contributed by atoms with Gasteiger partial charge < -0.3 is 10.2 Å². The van der Waals surface area contributed by atoms with Gasteiger partial charge in [-0.1, -0.05) is 6.07 Å². The summed E-state index contributed by atoms with van der Waals surface area (Å²) in [6, 6.07) is 6.54. The van der Waals surface area contributed by atoms with Gasteiger partial charge in [0.1, 0.15) is 6.33 Å². The molecule has 1 N–H and O–H groups in total. The van der Waals surface area contributed by atoms with Crippen LogP contribution >= 0.6 is 0 Å². The lowest BCUT2D eigenvalue weighted by Crippen LogP contribution is -2.44. The third-order valence-corrected chi connectivity index (χ3v) is 4.97. The summed E-state index contributed by atoms with van der Waals surface area (Å²) in [5.74, 6) is 0.672. The summed E-state index contributed by atoms with van der Waals surface area (Å²) in [4.78, 5) is 14.9. The Hall–Kier alpha value is -2.44. The lowest BCUT2D eigenvalue weighted by atomic mass is 10.1. The number of nitrogens with zero attached hydrogens (tertiary/aromatic N) is 5. The minimum absolute atomic E-state index is 0.00317. The second-order valence-electron chi connectivity index (χ2n) is 6.90. The minimum atomic E-state index is 0.00317. The van der Waals surface area contributed by atoms with Gasteiger partial charge in [0.2, 0.25) is 0 Å². The first kappa shape index (κ1) is 15.1. The summed E-state index contributed by atoms with van der Waals surface area (Å²) < 4.78 is 1.61. The Labute approximate surface area is 141 Å². The van der Waals surface area contributed by atoms with Gasteiger partial charge in [0.25, 0.3) is 0 Å². The minimum Gasteiger partial charge on any atom is -0.319 e. The number of rotatable bonds is 5.